The molecule has 0 bridgehead atoms. The van der Waals surface area contributed by atoms with Crippen molar-refractivity contribution in [1.29, 1.82) is 0 Å². The number of phenols is 1. The first kappa shape index (κ1) is 12.0. The molecule has 0 saturated heterocycles. The lowest BCUT2D eigenvalue weighted by molar-refractivity contribution is -0.117. The van der Waals surface area contributed by atoms with Gasteiger partial charge in [-0.15, -0.1) is 0 Å². The number of hydrogen-bond donors (Lipinski definition) is 2. The summed E-state index contributed by atoms with van der Waals surface area (Å²) in [6.45, 7) is 0. The Morgan fingerprint density at radius 1 is 1.29 bits per heavy atom. The lowest BCUT2D eigenvalue weighted by atomic mass is 9.87. The van der Waals surface area contributed by atoms with Gasteiger partial charge in [0.15, 0.2) is 0 Å². The van der Waals surface area contributed by atoms with Gasteiger partial charge in [0.2, 0.25) is 5.91 Å². The van der Waals surface area contributed by atoms with E-state index in [-0.39, 0.29) is 11.7 Å². The molecular weight excluding hydrogens is 214 g/mol. The van der Waals surface area contributed by atoms with Crippen LogP contribution in [0.2, 0.25) is 0 Å². The van der Waals surface area contributed by atoms with Gasteiger partial charge in [-0.3, -0.25) is 4.79 Å². The van der Waals surface area contributed by atoms with Gasteiger partial charge in [-0.05, 0) is 30.9 Å². The number of phenolic OH excluding ortho intramolecular Hbond substituents is 1. The van der Waals surface area contributed by atoms with Crippen LogP contribution in [0.1, 0.15) is 38.5 Å². The number of anilines is 1. The van der Waals surface area contributed by atoms with E-state index in [1.165, 1.54) is 32.1 Å². The van der Waals surface area contributed by atoms with Crippen molar-refractivity contribution in [2.45, 2.75) is 38.5 Å². The van der Waals surface area contributed by atoms with E-state index in [2.05, 4.69) is 5.32 Å². The Morgan fingerprint density at radius 2 is 2.06 bits per heavy atom. The normalized spacial score (nSPS) is 16.7. The summed E-state index contributed by atoms with van der Waals surface area (Å²) in [7, 11) is 0. The van der Waals surface area contributed by atoms with Crippen molar-refractivity contribution in [3.8, 4) is 5.75 Å². The molecule has 92 valence electrons. The summed E-state index contributed by atoms with van der Waals surface area (Å²) in [5, 5.41) is 12.1. The van der Waals surface area contributed by atoms with Gasteiger partial charge in [0, 0.05) is 18.2 Å². The molecule has 1 aromatic rings. The molecule has 0 radical (unpaired) electrons. The fourth-order valence-electron chi connectivity index (χ4n) is 2.45. The quantitative estimate of drug-likeness (QED) is 0.841. The summed E-state index contributed by atoms with van der Waals surface area (Å²) in [6, 6.07) is 6.68. The van der Waals surface area contributed by atoms with Crippen LogP contribution in [0.15, 0.2) is 24.3 Å². The molecule has 0 spiro atoms. The fourth-order valence-corrected chi connectivity index (χ4v) is 2.45. The molecule has 2 N–H and O–H groups in total. The summed E-state index contributed by atoms with van der Waals surface area (Å²) in [5.41, 5.74) is 0.672. The molecule has 2 rings (SSSR count). The van der Waals surface area contributed by atoms with Crippen LogP contribution in [0.4, 0.5) is 5.69 Å². The SMILES string of the molecule is O=C(CC1CCCCC1)Nc1cccc(O)c1. The first-order chi connectivity index (χ1) is 8.24. The maximum atomic E-state index is 11.8. The highest BCUT2D eigenvalue weighted by molar-refractivity contribution is 5.91. The van der Waals surface area contributed by atoms with Crippen molar-refractivity contribution in [3.05, 3.63) is 24.3 Å². The molecule has 3 nitrogen and oxygen atoms in total. The number of aromatic hydroxyl groups is 1. The summed E-state index contributed by atoms with van der Waals surface area (Å²) in [6.07, 6.45) is 6.77. The minimum absolute atomic E-state index is 0.0579. The van der Waals surface area contributed by atoms with Gasteiger partial charge < -0.3 is 10.4 Å². The van der Waals surface area contributed by atoms with E-state index in [0.717, 1.165) is 0 Å². The topological polar surface area (TPSA) is 49.3 Å². The van der Waals surface area contributed by atoms with Gasteiger partial charge in [-0.2, -0.15) is 0 Å². The Bertz CT molecular complexity index is 384. The maximum Gasteiger partial charge on any atom is 0.224 e. The first-order valence-electron chi connectivity index (χ1n) is 6.33. The first-order valence-corrected chi connectivity index (χ1v) is 6.33. The number of carbonyl (C=O) groups excluding carboxylic acids is 1. The Hall–Kier alpha value is -1.51. The van der Waals surface area contributed by atoms with Crippen molar-refractivity contribution in [2.24, 2.45) is 5.92 Å². The van der Waals surface area contributed by atoms with Crippen LogP contribution in [0, 0.1) is 5.92 Å². The summed E-state index contributed by atoms with van der Waals surface area (Å²) < 4.78 is 0. The molecular formula is C14H19NO2. The number of benzene rings is 1. The fraction of sp³-hybridized carbons (Fsp3) is 0.500. The standard InChI is InChI=1S/C14H19NO2/c16-13-8-4-7-12(10-13)15-14(17)9-11-5-2-1-3-6-11/h4,7-8,10-11,16H,1-3,5-6,9H2,(H,15,17). The van der Waals surface area contributed by atoms with Crippen LogP contribution >= 0.6 is 0 Å². The van der Waals surface area contributed by atoms with E-state index in [0.29, 0.717) is 18.0 Å². The highest BCUT2D eigenvalue weighted by atomic mass is 16.3. The second kappa shape index (κ2) is 5.71. The van der Waals surface area contributed by atoms with Crippen LogP contribution in [0.5, 0.6) is 5.75 Å². The van der Waals surface area contributed by atoms with Crippen LogP contribution in [-0.4, -0.2) is 11.0 Å². The van der Waals surface area contributed by atoms with Crippen LogP contribution in [0.3, 0.4) is 0 Å². The molecule has 3 heteroatoms. The highest BCUT2D eigenvalue weighted by Gasteiger charge is 2.16. The summed E-state index contributed by atoms with van der Waals surface area (Å²) in [4.78, 5) is 11.8. The van der Waals surface area contributed by atoms with Crippen LogP contribution < -0.4 is 5.32 Å². The number of carbonyl (C=O) groups is 1. The van der Waals surface area contributed by atoms with E-state index in [1.54, 1.807) is 24.3 Å². The van der Waals surface area contributed by atoms with Gasteiger partial charge in [0.1, 0.15) is 5.75 Å². The number of amides is 1. The lowest BCUT2D eigenvalue weighted by Gasteiger charge is -2.20. The Labute approximate surface area is 102 Å². The van der Waals surface area contributed by atoms with Gasteiger partial charge in [-0.1, -0.05) is 25.3 Å². The molecule has 1 amide bonds. The predicted molar refractivity (Wildman–Crippen MR) is 67.9 cm³/mol. The molecule has 1 aliphatic carbocycles. The predicted octanol–water partition coefficient (Wildman–Crippen LogP) is 3.30. The molecule has 0 unspecified atom stereocenters. The average molecular weight is 233 g/mol. The summed E-state index contributed by atoms with van der Waals surface area (Å²) >= 11 is 0. The van der Waals surface area contributed by atoms with E-state index in [9.17, 15) is 9.90 Å². The number of hydrogen-bond acceptors (Lipinski definition) is 2. The van der Waals surface area contributed by atoms with Crippen molar-refractivity contribution in [1.82, 2.24) is 0 Å². The molecule has 0 aromatic heterocycles. The molecule has 17 heavy (non-hydrogen) atoms. The minimum atomic E-state index is 0.0579. The molecule has 0 heterocycles. The largest absolute Gasteiger partial charge is 0.508 e. The second-order valence-corrected chi connectivity index (χ2v) is 4.81. The Morgan fingerprint density at radius 3 is 2.76 bits per heavy atom. The Kier molecular flexibility index (Phi) is 4.02. The highest BCUT2D eigenvalue weighted by Crippen LogP contribution is 2.26. The zero-order chi connectivity index (χ0) is 12.1. The monoisotopic (exact) mass is 233 g/mol. The molecule has 1 aromatic carbocycles. The van der Waals surface area contributed by atoms with Crippen molar-refractivity contribution < 1.29 is 9.90 Å². The maximum absolute atomic E-state index is 11.8. The van der Waals surface area contributed by atoms with Gasteiger partial charge in [0.25, 0.3) is 0 Å². The summed E-state index contributed by atoms with van der Waals surface area (Å²) in [5.74, 6) is 0.782. The van der Waals surface area contributed by atoms with Gasteiger partial charge in [0.05, 0.1) is 0 Å². The molecule has 1 fully saturated rings. The molecule has 1 aliphatic rings. The Balaban J connectivity index is 1.84. The zero-order valence-electron chi connectivity index (χ0n) is 9.98. The smallest absolute Gasteiger partial charge is 0.224 e. The minimum Gasteiger partial charge on any atom is -0.508 e. The van der Waals surface area contributed by atoms with Gasteiger partial charge >= 0.3 is 0 Å². The van der Waals surface area contributed by atoms with E-state index < -0.39 is 0 Å². The van der Waals surface area contributed by atoms with Crippen molar-refractivity contribution in [3.63, 3.8) is 0 Å². The molecule has 0 aliphatic heterocycles. The second-order valence-electron chi connectivity index (χ2n) is 4.81. The third kappa shape index (κ3) is 3.77. The molecule has 0 atom stereocenters. The van der Waals surface area contributed by atoms with Crippen LogP contribution in [0.25, 0.3) is 0 Å². The lowest BCUT2D eigenvalue weighted by Crippen LogP contribution is -2.18. The van der Waals surface area contributed by atoms with Crippen LogP contribution in [-0.2, 0) is 4.79 Å². The third-order valence-corrected chi connectivity index (χ3v) is 3.33. The van der Waals surface area contributed by atoms with Crippen molar-refractivity contribution >= 4 is 11.6 Å². The van der Waals surface area contributed by atoms with E-state index in [1.807, 2.05) is 0 Å². The number of nitrogens with one attached hydrogen (secondary N) is 1. The number of rotatable bonds is 3. The van der Waals surface area contributed by atoms with Gasteiger partial charge in [-0.25, -0.2) is 0 Å². The third-order valence-electron chi connectivity index (χ3n) is 3.33. The zero-order valence-corrected chi connectivity index (χ0v) is 9.98. The van der Waals surface area contributed by atoms with E-state index >= 15 is 0 Å². The van der Waals surface area contributed by atoms with Crippen molar-refractivity contribution in [2.75, 3.05) is 5.32 Å². The molecule has 1 saturated carbocycles. The van der Waals surface area contributed by atoms with E-state index in [4.69, 9.17) is 0 Å². The average Bonchev–Trinajstić information content (AvgIpc) is 2.30.